The molecule has 5 heteroatoms. The number of benzene rings is 2. The van der Waals surface area contributed by atoms with Gasteiger partial charge in [0.15, 0.2) is 0 Å². The lowest BCUT2D eigenvalue weighted by molar-refractivity contribution is -0.0504. The molecule has 0 bridgehead atoms. The fraction of sp³-hybridized carbons (Fsp3) is 0.200. The van der Waals surface area contributed by atoms with Crippen LogP contribution in [0.1, 0.15) is 5.56 Å². The minimum atomic E-state index is -2.83. The summed E-state index contributed by atoms with van der Waals surface area (Å²) in [5.74, 6) is 0.907. The van der Waals surface area contributed by atoms with E-state index in [-0.39, 0.29) is 5.75 Å². The minimum absolute atomic E-state index is 0.179. The Bertz CT molecular complexity index is 561. The maximum atomic E-state index is 12.3. The van der Waals surface area contributed by atoms with Crippen molar-refractivity contribution in [2.45, 2.75) is 13.2 Å². The highest BCUT2D eigenvalue weighted by atomic mass is 19.3. The van der Waals surface area contributed by atoms with Gasteiger partial charge in [-0.05, 0) is 18.2 Å². The number of hydrogen-bond donors (Lipinski definition) is 1. The molecule has 2 rings (SSSR count). The summed E-state index contributed by atoms with van der Waals surface area (Å²) in [6, 6.07) is 14.1. The molecule has 0 radical (unpaired) electrons. The molecule has 0 aromatic heterocycles. The Balaban J connectivity index is 2.06. The van der Waals surface area contributed by atoms with Crippen molar-refractivity contribution in [3.63, 3.8) is 0 Å². The molecule has 1 N–H and O–H groups in total. The van der Waals surface area contributed by atoms with E-state index in [0.717, 1.165) is 11.4 Å². The number of hydrogen-bond acceptors (Lipinski definition) is 3. The Kier molecular flexibility index (Phi) is 4.76. The molecule has 2 aromatic rings. The van der Waals surface area contributed by atoms with Crippen molar-refractivity contribution in [2.24, 2.45) is 0 Å². The van der Waals surface area contributed by atoms with Gasteiger partial charge in [-0.3, -0.25) is 0 Å². The summed E-state index contributed by atoms with van der Waals surface area (Å²) < 4.78 is 34.2. The second kappa shape index (κ2) is 6.75. The van der Waals surface area contributed by atoms with Crippen molar-refractivity contribution in [3.8, 4) is 11.5 Å². The van der Waals surface area contributed by atoms with Crippen LogP contribution in [0.2, 0.25) is 0 Å². The zero-order valence-electron chi connectivity index (χ0n) is 11.0. The van der Waals surface area contributed by atoms with Crippen LogP contribution in [0.3, 0.4) is 0 Å². The van der Waals surface area contributed by atoms with E-state index in [9.17, 15) is 8.78 Å². The number of halogens is 2. The van der Waals surface area contributed by atoms with Crippen molar-refractivity contribution < 1.29 is 18.3 Å². The summed E-state index contributed by atoms with van der Waals surface area (Å²) in [5.41, 5.74) is 1.51. The Morgan fingerprint density at radius 2 is 1.90 bits per heavy atom. The van der Waals surface area contributed by atoms with Gasteiger partial charge in [0, 0.05) is 23.9 Å². The van der Waals surface area contributed by atoms with Crippen LogP contribution < -0.4 is 14.8 Å². The van der Waals surface area contributed by atoms with Gasteiger partial charge < -0.3 is 14.8 Å². The quantitative estimate of drug-likeness (QED) is 0.869. The third-order valence-corrected chi connectivity index (χ3v) is 2.74. The van der Waals surface area contributed by atoms with E-state index in [4.69, 9.17) is 4.74 Å². The molecule has 106 valence electrons. The highest BCUT2D eigenvalue weighted by molar-refractivity contribution is 5.49. The first-order chi connectivity index (χ1) is 9.69. The average molecular weight is 279 g/mol. The largest absolute Gasteiger partial charge is 0.497 e. The lowest BCUT2D eigenvalue weighted by Crippen LogP contribution is -2.07. The van der Waals surface area contributed by atoms with E-state index in [2.05, 4.69) is 10.1 Å². The number of ether oxygens (including phenoxy) is 2. The molecule has 20 heavy (non-hydrogen) atoms. The van der Waals surface area contributed by atoms with E-state index in [1.54, 1.807) is 25.3 Å². The number of rotatable bonds is 6. The fourth-order valence-electron chi connectivity index (χ4n) is 1.79. The van der Waals surface area contributed by atoms with Crippen molar-refractivity contribution in [1.82, 2.24) is 0 Å². The van der Waals surface area contributed by atoms with Crippen molar-refractivity contribution >= 4 is 5.69 Å². The SMILES string of the molecule is COc1cccc(NCc2ccccc2OC(F)F)c1. The second-order valence-corrected chi connectivity index (χ2v) is 4.07. The molecular formula is C15H15F2NO2. The van der Waals surface area contributed by atoms with Gasteiger partial charge in [0.05, 0.1) is 7.11 Å². The molecule has 0 saturated heterocycles. The predicted molar refractivity (Wildman–Crippen MR) is 73.4 cm³/mol. The molecule has 0 fully saturated rings. The van der Waals surface area contributed by atoms with E-state index in [1.807, 2.05) is 24.3 Å². The molecule has 0 aliphatic heterocycles. The maximum absolute atomic E-state index is 12.3. The van der Waals surface area contributed by atoms with Crippen molar-refractivity contribution in [2.75, 3.05) is 12.4 Å². The highest BCUT2D eigenvalue weighted by Gasteiger charge is 2.08. The molecule has 3 nitrogen and oxygen atoms in total. The van der Waals surface area contributed by atoms with E-state index >= 15 is 0 Å². The smallest absolute Gasteiger partial charge is 0.387 e. The van der Waals surface area contributed by atoms with Gasteiger partial charge in [-0.25, -0.2) is 0 Å². The molecule has 0 aliphatic carbocycles. The summed E-state index contributed by atoms with van der Waals surface area (Å²) in [6.07, 6.45) is 0. The first-order valence-corrected chi connectivity index (χ1v) is 6.09. The van der Waals surface area contributed by atoms with Crippen LogP contribution in [0.25, 0.3) is 0 Å². The highest BCUT2D eigenvalue weighted by Crippen LogP contribution is 2.22. The lowest BCUT2D eigenvalue weighted by atomic mass is 10.2. The predicted octanol–water partition coefficient (Wildman–Crippen LogP) is 3.91. The number of nitrogens with one attached hydrogen (secondary N) is 1. The standard InChI is InChI=1S/C15H15F2NO2/c1-19-13-7-4-6-12(9-13)18-10-11-5-2-3-8-14(11)20-15(16)17/h2-9,15,18H,10H2,1H3. The van der Waals surface area contributed by atoms with Gasteiger partial charge in [0.2, 0.25) is 0 Å². The first-order valence-electron chi connectivity index (χ1n) is 6.09. The third kappa shape index (κ3) is 3.85. The van der Waals surface area contributed by atoms with Crippen LogP contribution in [0.5, 0.6) is 11.5 Å². The van der Waals surface area contributed by atoms with Gasteiger partial charge in [-0.1, -0.05) is 24.3 Å². The van der Waals surface area contributed by atoms with Gasteiger partial charge in [-0.2, -0.15) is 8.78 Å². The Labute approximate surface area is 116 Å². The Hall–Kier alpha value is -2.30. The van der Waals surface area contributed by atoms with Crippen LogP contribution in [-0.4, -0.2) is 13.7 Å². The monoisotopic (exact) mass is 279 g/mol. The Morgan fingerprint density at radius 1 is 1.10 bits per heavy atom. The van der Waals surface area contributed by atoms with Crippen LogP contribution in [0.4, 0.5) is 14.5 Å². The topological polar surface area (TPSA) is 30.5 Å². The summed E-state index contributed by atoms with van der Waals surface area (Å²) in [6.45, 7) is -2.44. The fourth-order valence-corrected chi connectivity index (χ4v) is 1.79. The Morgan fingerprint density at radius 3 is 2.65 bits per heavy atom. The molecule has 0 atom stereocenters. The zero-order valence-corrected chi connectivity index (χ0v) is 11.0. The number of methoxy groups -OCH3 is 1. The van der Waals surface area contributed by atoms with Crippen LogP contribution in [-0.2, 0) is 6.54 Å². The van der Waals surface area contributed by atoms with Gasteiger partial charge >= 0.3 is 6.61 Å². The van der Waals surface area contributed by atoms with Gasteiger partial charge in [0.1, 0.15) is 11.5 Å². The number of anilines is 1. The maximum Gasteiger partial charge on any atom is 0.387 e. The van der Waals surface area contributed by atoms with Gasteiger partial charge in [-0.15, -0.1) is 0 Å². The number of alkyl halides is 2. The summed E-state index contributed by atoms with van der Waals surface area (Å²) in [5, 5.41) is 3.14. The summed E-state index contributed by atoms with van der Waals surface area (Å²) in [7, 11) is 1.59. The van der Waals surface area contributed by atoms with Crippen LogP contribution >= 0.6 is 0 Å². The normalized spacial score (nSPS) is 10.4. The lowest BCUT2D eigenvalue weighted by Gasteiger charge is -2.12. The summed E-state index contributed by atoms with van der Waals surface area (Å²) in [4.78, 5) is 0. The van der Waals surface area contributed by atoms with Gasteiger partial charge in [0.25, 0.3) is 0 Å². The van der Waals surface area contributed by atoms with E-state index in [1.165, 1.54) is 6.07 Å². The molecule has 0 amide bonds. The number of para-hydroxylation sites is 1. The molecule has 2 aromatic carbocycles. The second-order valence-electron chi connectivity index (χ2n) is 4.07. The molecule has 0 spiro atoms. The first kappa shape index (κ1) is 14.1. The van der Waals surface area contributed by atoms with Crippen molar-refractivity contribution in [1.29, 1.82) is 0 Å². The molecular weight excluding hydrogens is 264 g/mol. The van der Waals surface area contributed by atoms with E-state index < -0.39 is 6.61 Å². The average Bonchev–Trinajstić information content (AvgIpc) is 2.46. The summed E-state index contributed by atoms with van der Waals surface area (Å²) >= 11 is 0. The van der Waals surface area contributed by atoms with Crippen LogP contribution in [0.15, 0.2) is 48.5 Å². The molecule has 0 heterocycles. The minimum Gasteiger partial charge on any atom is -0.497 e. The molecule has 0 saturated carbocycles. The third-order valence-electron chi connectivity index (χ3n) is 2.74. The van der Waals surface area contributed by atoms with Crippen LogP contribution in [0, 0.1) is 0 Å². The molecule has 0 aliphatic rings. The van der Waals surface area contributed by atoms with E-state index in [0.29, 0.717) is 12.1 Å². The molecule has 0 unspecified atom stereocenters. The zero-order chi connectivity index (χ0) is 14.4. The van der Waals surface area contributed by atoms with Crippen molar-refractivity contribution in [3.05, 3.63) is 54.1 Å².